The van der Waals surface area contributed by atoms with E-state index in [0.29, 0.717) is 12.8 Å². The number of nitrogens with zero attached hydrogens (tertiary/aromatic N) is 1. The molecule has 0 saturated heterocycles. The molecule has 2 rings (SSSR count). The lowest BCUT2D eigenvalue weighted by molar-refractivity contribution is -0.152. The van der Waals surface area contributed by atoms with E-state index in [4.69, 9.17) is 5.11 Å². The van der Waals surface area contributed by atoms with Crippen LogP contribution in [0, 0.1) is 11.8 Å². The van der Waals surface area contributed by atoms with Crippen LogP contribution < -0.4 is 5.32 Å². The summed E-state index contributed by atoms with van der Waals surface area (Å²) in [6.07, 6.45) is 1.12. The minimum absolute atomic E-state index is 0.145. The number of benzene rings is 1. The largest absolute Gasteiger partial charge is 0.481 e. The molecule has 7 nitrogen and oxygen atoms in total. The molecule has 8 heteroatoms. The van der Waals surface area contributed by atoms with Gasteiger partial charge in [-0.2, -0.15) is 4.31 Å². The third-order valence-corrected chi connectivity index (χ3v) is 6.77. The highest BCUT2D eigenvalue weighted by molar-refractivity contribution is 7.89. The lowest BCUT2D eigenvalue weighted by Crippen LogP contribution is -2.43. The topological polar surface area (TPSA) is 104 Å². The summed E-state index contributed by atoms with van der Waals surface area (Å²) in [5.41, 5.74) is 0.755. The summed E-state index contributed by atoms with van der Waals surface area (Å²) >= 11 is 0. The number of hydrogen-bond donors (Lipinski definition) is 2. The average molecular weight is 368 g/mol. The Labute approximate surface area is 148 Å². The molecule has 1 aromatic rings. The summed E-state index contributed by atoms with van der Waals surface area (Å²) in [7, 11) is -2.00. The Bertz CT molecular complexity index is 743. The van der Waals surface area contributed by atoms with Crippen LogP contribution in [0.5, 0.6) is 0 Å². The number of carboxylic acid groups (broad SMARTS) is 1. The maximum absolute atomic E-state index is 12.4. The molecule has 0 spiro atoms. The van der Waals surface area contributed by atoms with E-state index in [2.05, 4.69) is 5.32 Å². The second-order valence-corrected chi connectivity index (χ2v) is 8.60. The normalized spacial score (nSPS) is 20.4. The van der Waals surface area contributed by atoms with Gasteiger partial charge >= 0.3 is 5.97 Å². The second kappa shape index (κ2) is 7.53. The summed E-state index contributed by atoms with van der Waals surface area (Å²) in [6.45, 7) is 3.83. The molecular formula is C17H24N2O5S. The van der Waals surface area contributed by atoms with Crippen molar-refractivity contribution in [1.29, 1.82) is 0 Å². The van der Waals surface area contributed by atoms with Gasteiger partial charge in [0.2, 0.25) is 15.9 Å². The van der Waals surface area contributed by atoms with Crippen LogP contribution in [0.15, 0.2) is 29.2 Å². The van der Waals surface area contributed by atoms with Crippen LogP contribution in [0.4, 0.5) is 0 Å². The highest BCUT2D eigenvalue weighted by Crippen LogP contribution is 2.34. The van der Waals surface area contributed by atoms with E-state index < -0.39 is 27.8 Å². The van der Waals surface area contributed by atoms with Gasteiger partial charge in [-0.15, -0.1) is 0 Å². The van der Waals surface area contributed by atoms with E-state index in [0.717, 1.165) is 5.56 Å². The van der Waals surface area contributed by atoms with E-state index in [1.54, 1.807) is 26.0 Å². The molecule has 1 aliphatic carbocycles. The van der Waals surface area contributed by atoms with Crippen molar-refractivity contribution in [1.82, 2.24) is 9.62 Å². The molecule has 1 aromatic carbocycles. The van der Waals surface area contributed by atoms with Crippen molar-refractivity contribution in [2.24, 2.45) is 11.8 Å². The zero-order valence-electron chi connectivity index (χ0n) is 14.6. The Morgan fingerprint density at radius 3 is 2.20 bits per heavy atom. The molecule has 25 heavy (non-hydrogen) atoms. The van der Waals surface area contributed by atoms with Gasteiger partial charge in [0.15, 0.2) is 0 Å². The molecule has 1 aliphatic rings. The molecule has 2 atom stereocenters. The predicted octanol–water partition coefficient (Wildman–Crippen LogP) is 1.44. The van der Waals surface area contributed by atoms with Crippen molar-refractivity contribution < 1.29 is 23.1 Å². The van der Waals surface area contributed by atoms with Gasteiger partial charge in [-0.25, -0.2) is 8.42 Å². The van der Waals surface area contributed by atoms with Crippen LogP contribution in [-0.4, -0.2) is 42.8 Å². The number of hydrogen-bond acceptors (Lipinski definition) is 4. The smallest absolute Gasteiger partial charge is 0.307 e. The van der Waals surface area contributed by atoms with Gasteiger partial charge < -0.3 is 10.4 Å². The Morgan fingerprint density at radius 2 is 1.76 bits per heavy atom. The van der Waals surface area contributed by atoms with Crippen molar-refractivity contribution in [2.45, 2.75) is 44.2 Å². The van der Waals surface area contributed by atoms with Gasteiger partial charge in [0, 0.05) is 19.6 Å². The lowest BCUT2D eigenvalue weighted by Gasteiger charge is -2.31. The Hall–Kier alpha value is -1.93. The maximum atomic E-state index is 12.4. The number of carbonyl (C=O) groups excluding carboxylic acids is 1. The first-order chi connectivity index (χ1) is 11.6. The molecule has 0 heterocycles. The van der Waals surface area contributed by atoms with Gasteiger partial charge in [0.1, 0.15) is 0 Å². The van der Waals surface area contributed by atoms with Crippen LogP contribution >= 0.6 is 0 Å². The third kappa shape index (κ3) is 4.19. The monoisotopic (exact) mass is 368 g/mol. The number of carboxylic acids is 1. The van der Waals surface area contributed by atoms with E-state index in [-0.39, 0.29) is 23.4 Å². The number of aliphatic carboxylic acids is 1. The standard InChI is InChI=1S/C17H24N2O5S/c1-11(2)19(3)25(23,24)13-6-4-12(5-7-13)10-18-16(20)14-8-9-15(14)17(21)22/h4-7,11,14-15H,8-10H2,1-3H3,(H,18,20)(H,21,22). The zero-order valence-corrected chi connectivity index (χ0v) is 15.4. The van der Waals surface area contributed by atoms with Crippen LogP contribution in [0.25, 0.3) is 0 Å². The molecule has 138 valence electrons. The van der Waals surface area contributed by atoms with Gasteiger partial charge in [-0.3, -0.25) is 9.59 Å². The SMILES string of the molecule is CC(C)N(C)S(=O)(=O)c1ccc(CNC(=O)C2CCC2C(=O)O)cc1. The molecule has 1 saturated carbocycles. The van der Waals surface area contributed by atoms with Crippen LogP contribution in [0.1, 0.15) is 32.3 Å². The molecule has 1 amide bonds. The zero-order chi connectivity index (χ0) is 18.8. The summed E-state index contributed by atoms with van der Waals surface area (Å²) in [4.78, 5) is 23.2. The fraction of sp³-hybridized carbons (Fsp3) is 0.529. The first-order valence-electron chi connectivity index (χ1n) is 8.22. The van der Waals surface area contributed by atoms with Crippen molar-refractivity contribution in [3.63, 3.8) is 0 Å². The molecule has 2 N–H and O–H groups in total. The summed E-state index contributed by atoms with van der Waals surface area (Å²) in [5.74, 6) is -2.28. The Kier molecular flexibility index (Phi) is 5.84. The fourth-order valence-corrected chi connectivity index (χ4v) is 4.02. The van der Waals surface area contributed by atoms with Gasteiger partial charge in [0.25, 0.3) is 0 Å². The molecule has 0 aliphatic heterocycles. The van der Waals surface area contributed by atoms with E-state index in [1.807, 2.05) is 0 Å². The van der Waals surface area contributed by atoms with Gasteiger partial charge in [0.05, 0.1) is 16.7 Å². The van der Waals surface area contributed by atoms with Gasteiger partial charge in [-0.05, 0) is 44.4 Å². The summed E-state index contributed by atoms with van der Waals surface area (Å²) in [6, 6.07) is 6.18. The maximum Gasteiger partial charge on any atom is 0.307 e. The number of carbonyl (C=O) groups is 2. The highest BCUT2D eigenvalue weighted by atomic mass is 32.2. The number of rotatable bonds is 7. The van der Waals surface area contributed by atoms with Crippen molar-refractivity contribution in [2.75, 3.05) is 7.05 Å². The Balaban J connectivity index is 1.97. The lowest BCUT2D eigenvalue weighted by atomic mass is 9.73. The summed E-state index contributed by atoms with van der Waals surface area (Å²) in [5, 5.41) is 11.7. The Morgan fingerprint density at radius 1 is 1.20 bits per heavy atom. The molecular weight excluding hydrogens is 344 g/mol. The molecule has 0 bridgehead atoms. The van der Waals surface area contributed by atoms with Crippen LogP contribution in [0.3, 0.4) is 0 Å². The van der Waals surface area contributed by atoms with Crippen LogP contribution in [0.2, 0.25) is 0 Å². The number of sulfonamides is 1. The van der Waals surface area contributed by atoms with E-state index in [1.165, 1.54) is 23.5 Å². The average Bonchev–Trinajstić information content (AvgIpc) is 2.50. The summed E-state index contributed by atoms with van der Waals surface area (Å²) < 4.78 is 26.1. The first-order valence-corrected chi connectivity index (χ1v) is 9.66. The number of nitrogens with one attached hydrogen (secondary N) is 1. The second-order valence-electron chi connectivity index (χ2n) is 6.61. The molecule has 2 unspecified atom stereocenters. The van der Waals surface area contributed by atoms with Crippen LogP contribution in [-0.2, 0) is 26.2 Å². The van der Waals surface area contributed by atoms with Crippen molar-refractivity contribution >= 4 is 21.9 Å². The molecule has 0 aromatic heterocycles. The highest BCUT2D eigenvalue weighted by Gasteiger charge is 2.41. The van der Waals surface area contributed by atoms with E-state index >= 15 is 0 Å². The molecule has 0 radical (unpaired) electrons. The van der Waals surface area contributed by atoms with Crippen molar-refractivity contribution in [3.05, 3.63) is 29.8 Å². The predicted molar refractivity (Wildman–Crippen MR) is 92.2 cm³/mol. The molecule has 1 fully saturated rings. The van der Waals surface area contributed by atoms with E-state index in [9.17, 15) is 18.0 Å². The minimum Gasteiger partial charge on any atom is -0.481 e. The fourth-order valence-electron chi connectivity index (χ4n) is 2.65. The number of amides is 1. The van der Waals surface area contributed by atoms with Crippen molar-refractivity contribution in [3.8, 4) is 0 Å². The quantitative estimate of drug-likeness (QED) is 0.758. The first kappa shape index (κ1) is 19.4. The third-order valence-electron chi connectivity index (χ3n) is 4.72. The van der Waals surface area contributed by atoms with Gasteiger partial charge in [-0.1, -0.05) is 12.1 Å². The minimum atomic E-state index is -3.53.